The number of halogens is 6. The Kier molecular flexibility index (Phi) is 8.44. The Morgan fingerprint density at radius 3 is 1.51 bits per heavy atom. The Labute approximate surface area is 349 Å². The fourth-order valence-corrected chi connectivity index (χ4v) is 10.6. The Bertz CT molecular complexity index is 2990. The summed E-state index contributed by atoms with van der Waals surface area (Å²) in [6.45, 7) is 1.34. The van der Waals surface area contributed by atoms with Crippen molar-refractivity contribution >= 4 is 44.3 Å². The molecule has 0 fully saturated rings. The van der Waals surface area contributed by atoms with Gasteiger partial charge >= 0.3 is 12.4 Å². The zero-order valence-corrected chi connectivity index (χ0v) is 32.9. The first-order valence-corrected chi connectivity index (χ1v) is 20.7. The second-order valence-corrected chi connectivity index (χ2v) is 16.4. The van der Waals surface area contributed by atoms with Crippen LogP contribution in [0, 0.1) is 0 Å². The molecule has 0 saturated heterocycles. The van der Waals surface area contributed by atoms with Crippen LogP contribution in [-0.4, -0.2) is 13.1 Å². The lowest BCUT2D eigenvalue weighted by molar-refractivity contribution is -0.138. The fraction of sp³-hybridized carbons (Fsp3) is 0.170. The normalized spacial score (nSPS) is 15.7. The molecule has 2 nitrogen and oxygen atoms in total. The average Bonchev–Trinajstić information content (AvgIpc) is 3.59. The van der Waals surface area contributed by atoms with Crippen molar-refractivity contribution in [1.29, 1.82) is 0 Å². The van der Waals surface area contributed by atoms with E-state index < -0.39 is 28.9 Å². The zero-order valence-electron chi connectivity index (χ0n) is 32.9. The second kappa shape index (κ2) is 13.7. The first kappa shape index (κ1) is 37.5. The first-order valence-electron chi connectivity index (χ1n) is 20.7. The van der Waals surface area contributed by atoms with E-state index >= 15 is 0 Å². The summed E-state index contributed by atoms with van der Waals surface area (Å²) < 4.78 is 83.0. The Hall–Kier alpha value is -6.54. The lowest BCUT2D eigenvalue weighted by Gasteiger charge is -2.37. The predicted octanol–water partition coefficient (Wildman–Crippen LogP) is 14.6. The maximum absolute atomic E-state index is 13.9. The third kappa shape index (κ3) is 5.78. The quantitative estimate of drug-likeness (QED) is 0.129. The minimum atomic E-state index is -4.42. The number of hydrogen-bond acceptors (Lipinski definition) is 2. The van der Waals surface area contributed by atoms with Crippen LogP contribution in [0.25, 0.3) is 32.7 Å². The molecule has 8 heteroatoms. The molecule has 0 atom stereocenters. The minimum absolute atomic E-state index is 0.571. The summed E-state index contributed by atoms with van der Waals surface area (Å²) in [4.78, 5) is 4.32. The van der Waals surface area contributed by atoms with E-state index in [2.05, 4.69) is 113 Å². The number of benzene rings is 8. The summed E-state index contributed by atoms with van der Waals surface area (Å²) in [5.41, 5.74) is 9.32. The van der Waals surface area contributed by atoms with Crippen LogP contribution in [-0.2, 0) is 30.6 Å². The van der Waals surface area contributed by atoms with Gasteiger partial charge in [0.05, 0.1) is 16.5 Å². The smallest absolute Gasteiger partial charge is 0.341 e. The average molecular weight is 817 g/mol. The molecule has 3 aliphatic rings. The maximum atomic E-state index is 13.9. The Balaban J connectivity index is 1.18. The van der Waals surface area contributed by atoms with Crippen LogP contribution in [0.2, 0.25) is 0 Å². The maximum Gasteiger partial charge on any atom is 0.416 e. The SMILES string of the molecule is FC(F)(F)c1ccc2c(c1)CCCN2c1ccc2c(c1)C(c1ccccc1)(c1ccccc1)c1c-2c2ccccc2c2cc(N3CCCc4cc(C(F)(F)F)ccc43)ccc12. The van der Waals surface area contributed by atoms with E-state index in [1.54, 1.807) is 12.1 Å². The molecule has 0 aromatic heterocycles. The van der Waals surface area contributed by atoms with Gasteiger partial charge in [-0.2, -0.15) is 26.3 Å². The number of alkyl halides is 6. The molecule has 8 aromatic rings. The predicted molar refractivity (Wildman–Crippen MR) is 232 cm³/mol. The molecule has 0 spiro atoms. The van der Waals surface area contributed by atoms with Crippen LogP contribution in [0.5, 0.6) is 0 Å². The van der Waals surface area contributed by atoms with Crippen LogP contribution in [0.4, 0.5) is 49.1 Å². The van der Waals surface area contributed by atoms with Crippen LogP contribution in [0.3, 0.4) is 0 Å². The highest BCUT2D eigenvalue weighted by Gasteiger charge is 2.48. The zero-order chi connectivity index (χ0) is 41.7. The molecule has 0 bridgehead atoms. The summed E-state index contributed by atoms with van der Waals surface area (Å²) >= 11 is 0. The molecule has 1 aliphatic carbocycles. The van der Waals surface area contributed by atoms with E-state index in [1.807, 2.05) is 18.2 Å². The highest BCUT2D eigenvalue weighted by molar-refractivity contribution is 6.20. The molecule has 2 aliphatic heterocycles. The first-order chi connectivity index (χ1) is 29.5. The molecule has 8 aromatic carbocycles. The van der Waals surface area contributed by atoms with E-state index in [0.717, 1.165) is 90.5 Å². The van der Waals surface area contributed by atoms with Crippen molar-refractivity contribution in [2.45, 2.75) is 43.5 Å². The number of nitrogens with zero attached hydrogens (tertiary/aromatic N) is 2. The number of hydrogen-bond donors (Lipinski definition) is 0. The van der Waals surface area contributed by atoms with Gasteiger partial charge in [0.1, 0.15) is 0 Å². The van der Waals surface area contributed by atoms with Gasteiger partial charge in [0.2, 0.25) is 0 Å². The van der Waals surface area contributed by atoms with E-state index in [4.69, 9.17) is 0 Å². The molecule has 0 saturated carbocycles. The van der Waals surface area contributed by atoms with Crippen LogP contribution >= 0.6 is 0 Å². The lowest BCUT2D eigenvalue weighted by atomic mass is 9.66. The van der Waals surface area contributed by atoms with Gasteiger partial charge in [-0.3, -0.25) is 0 Å². The Morgan fingerprint density at radius 2 is 0.951 bits per heavy atom. The Morgan fingerprint density at radius 1 is 0.443 bits per heavy atom. The van der Waals surface area contributed by atoms with Crippen LogP contribution in [0.15, 0.2) is 158 Å². The molecule has 0 radical (unpaired) electrons. The highest BCUT2D eigenvalue weighted by atomic mass is 19.4. The summed E-state index contributed by atoms with van der Waals surface area (Å²) in [7, 11) is 0. The van der Waals surface area contributed by atoms with Gasteiger partial charge in [0.25, 0.3) is 0 Å². The summed E-state index contributed by atoms with van der Waals surface area (Å²) in [6.07, 6.45) is -6.24. The molecule has 11 rings (SSSR count). The van der Waals surface area contributed by atoms with Crippen LogP contribution < -0.4 is 9.80 Å². The summed E-state index contributed by atoms with van der Waals surface area (Å²) in [5, 5.41) is 4.26. The largest absolute Gasteiger partial charge is 0.416 e. The molecule has 0 N–H and O–H groups in total. The van der Waals surface area contributed by atoms with Crippen LogP contribution in [0.1, 0.15) is 57.3 Å². The van der Waals surface area contributed by atoms with E-state index in [0.29, 0.717) is 37.1 Å². The van der Waals surface area contributed by atoms with Crippen molar-refractivity contribution in [1.82, 2.24) is 0 Å². The van der Waals surface area contributed by atoms with Crippen molar-refractivity contribution in [2.24, 2.45) is 0 Å². The van der Waals surface area contributed by atoms with Gasteiger partial charge in [-0.25, -0.2) is 0 Å². The number of aryl methyl sites for hydroxylation is 2. The van der Waals surface area contributed by atoms with E-state index in [-0.39, 0.29) is 0 Å². The van der Waals surface area contributed by atoms with Gasteiger partial charge in [0.15, 0.2) is 0 Å². The monoisotopic (exact) mass is 816 g/mol. The number of rotatable bonds is 4. The molecule has 0 unspecified atom stereocenters. The second-order valence-electron chi connectivity index (χ2n) is 16.4. The van der Waals surface area contributed by atoms with Gasteiger partial charge in [-0.1, -0.05) is 97.1 Å². The third-order valence-corrected chi connectivity index (χ3v) is 13.1. The topological polar surface area (TPSA) is 6.48 Å². The summed E-state index contributed by atoms with van der Waals surface area (Å²) in [6, 6.07) is 50.8. The van der Waals surface area contributed by atoms with Gasteiger partial charge in [-0.05, 0) is 152 Å². The molecule has 302 valence electrons. The van der Waals surface area contributed by atoms with Crippen molar-refractivity contribution in [3.8, 4) is 11.1 Å². The van der Waals surface area contributed by atoms with Crippen molar-refractivity contribution < 1.29 is 26.3 Å². The standard InChI is InChI=1S/C53H38F6N2/c54-52(55,56)37-19-25-47-33(29-37)11-9-27-60(47)39-21-23-43-45(31-39)41-17-7-8-18-42(41)49-44-24-22-40(61-28-10-12-34-30-38(53(57,58)59)20-26-48(34)61)32-46(44)51(50(43)49,35-13-3-1-4-14-35)36-15-5-2-6-16-36/h1-8,13-26,29-32H,9-12,27-28H2. The number of fused-ring (bicyclic) bond motifs is 10. The van der Waals surface area contributed by atoms with E-state index in [9.17, 15) is 26.3 Å². The highest BCUT2D eigenvalue weighted by Crippen LogP contribution is 2.61. The molecule has 61 heavy (non-hydrogen) atoms. The molecular formula is C53H38F6N2. The van der Waals surface area contributed by atoms with Gasteiger partial charge in [0, 0.05) is 35.8 Å². The number of anilines is 4. The lowest BCUT2D eigenvalue weighted by Crippen LogP contribution is -2.30. The van der Waals surface area contributed by atoms with Gasteiger partial charge in [-0.15, -0.1) is 0 Å². The molecule has 0 amide bonds. The van der Waals surface area contributed by atoms with Crippen molar-refractivity contribution in [2.75, 3.05) is 22.9 Å². The molecule has 2 heterocycles. The third-order valence-electron chi connectivity index (χ3n) is 13.1. The van der Waals surface area contributed by atoms with Gasteiger partial charge < -0.3 is 9.80 Å². The van der Waals surface area contributed by atoms with Crippen molar-refractivity contribution in [3.63, 3.8) is 0 Å². The van der Waals surface area contributed by atoms with E-state index in [1.165, 1.54) is 24.3 Å². The minimum Gasteiger partial charge on any atom is -0.341 e. The van der Waals surface area contributed by atoms with Crippen molar-refractivity contribution in [3.05, 3.63) is 202 Å². The fourth-order valence-electron chi connectivity index (χ4n) is 10.6. The molecular weight excluding hydrogens is 779 g/mol. The summed E-state index contributed by atoms with van der Waals surface area (Å²) in [5.74, 6) is 0.